The second kappa shape index (κ2) is 5.65. The second-order valence-corrected chi connectivity index (χ2v) is 4.90. The molecule has 94 valence electrons. The topological polar surface area (TPSA) is 38.2 Å². The number of aromatic nitrogens is 2. The van der Waals surface area contributed by atoms with Gasteiger partial charge in [0.25, 0.3) is 0 Å². The van der Waals surface area contributed by atoms with Crippen LogP contribution in [0.25, 0.3) is 0 Å². The molecule has 17 heavy (non-hydrogen) atoms. The van der Waals surface area contributed by atoms with Crippen LogP contribution in [0, 0.1) is 5.92 Å². The molecule has 0 aromatic carbocycles. The normalized spacial score (nSPS) is 19.4. The van der Waals surface area contributed by atoms with E-state index in [1.165, 1.54) is 0 Å². The van der Waals surface area contributed by atoms with Crippen molar-refractivity contribution < 1.29 is 4.74 Å². The molecule has 4 nitrogen and oxygen atoms in total. The Kier molecular flexibility index (Phi) is 4.18. The van der Waals surface area contributed by atoms with Crippen LogP contribution in [0.4, 0.5) is 5.95 Å². The second-order valence-electron chi connectivity index (χ2n) is 4.47. The average molecular weight is 256 g/mol. The minimum Gasteiger partial charge on any atom is -0.381 e. The van der Waals surface area contributed by atoms with Crippen LogP contribution in [0.3, 0.4) is 0 Å². The molecule has 0 N–H and O–H groups in total. The lowest BCUT2D eigenvalue weighted by Crippen LogP contribution is -2.38. The number of methoxy groups -OCH3 is 1. The lowest BCUT2D eigenvalue weighted by Gasteiger charge is -2.34. The standard InChI is InChI=1S/C12H18ClN3O/c1-9(17-2)10-3-5-16(6-4-10)12-14-7-11(13)8-15-12/h7-10H,3-6H2,1-2H3. The van der Waals surface area contributed by atoms with Crippen LogP contribution in [-0.4, -0.2) is 36.3 Å². The minimum absolute atomic E-state index is 0.336. The van der Waals surface area contributed by atoms with Crippen molar-refractivity contribution in [1.82, 2.24) is 9.97 Å². The molecule has 0 saturated carbocycles. The lowest BCUT2D eigenvalue weighted by molar-refractivity contribution is 0.0563. The number of hydrogen-bond acceptors (Lipinski definition) is 4. The Bertz CT molecular complexity index is 349. The Balaban J connectivity index is 1.93. The van der Waals surface area contributed by atoms with Gasteiger partial charge in [-0.15, -0.1) is 0 Å². The molecule has 2 heterocycles. The van der Waals surface area contributed by atoms with Gasteiger partial charge in [0.15, 0.2) is 0 Å². The quantitative estimate of drug-likeness (QED) is 0.831. The fourth-order valence-corrected chi connectivity index (χ4v) is 2.33. The third-order valence-corrected chi connectivity index (χ3v) is 3.66. The zero-order valence-electron chi connectivity index (χ0n) is 10.3. The maximum Gasteiger partial charge on any atom is 0.225 e. The van der Waals surface area contributed by atoms with Gasteiger partial charge in [-0.1, -0.05) is 11.6 Å². The van der Waals surface area contributed by atoms with Gasteiger partial charge in [-0.05, 0) is 25.7 Å². The van der Waals surface area contributed by atoms with Crippen molar-refractivity contribution in [3.63, 3.8) is 0 Å². The van der Waals surface area contributed by atoms with Crippen LogP contribution in [0.1, 0.15) is 19.8 Å². The van der Waals surface area contributed by atoms with Gasteiger partial charge in [-0.3, -0.25) is 0 Å². The average Bonchev–Trinajstić information content (AvgIpc) is 2.39. The van der Waals surface area contributed by atoms with Crippen molar-refractivity contribution in [3.8, 4) is 0 Å². The van der Waals surface area contributed by atoms with Gasteiger partial charge < -0.3 is 9.64 Å². The van der Waals surface area contributed by atoms with E-state index in [4.69, 9.17) is 16.3 Å². The van der Waals surface area contributed by atoms with Crippen LogP contribution >= 0.6 is 11.6 Å². The predicted molar refractivity (Wildman–Crippen MR) is 68.5 cm³/mol. The van der Waals surface area contributed by atoms with E-state index in [1.54, 1.807) is 19.5 Å². The first kappa shape index (κ1) is 12.6. The Hall–Kier alpha value is -0.870. The summed E-state index contributed by atoms with van der Waals surface area (Å²) in [5.41, 5.74) is 0. The summed E-state index contributed by atoms with van der Waals surface area (Å²) in [5, 5.41) is 0.580. The van der Waals surface area contributed by atoms with Crippen molar-refractivity contribution in [1.29, 1.82) is 0 Å². The first-order valence-electron chi connectivity index (χ1n) is 5.96. The van der Waals surface area contributed by atoms with Crippen LogP contribution in [0.5, 0.6) is 0 Å². The summed E-state index contributed by atoms with van der Waals surface area (Å²) in [6.07, 6.45) is 5.88. The highest BCUT2D eigenvalue weighted by Gasteiger charge is 2.24. The number of halogens is 1. The number of piperidine rings is 1. The number of ether oxygens (including phenoxy) is 1. The lowest BCUT2D eigenvalue weighted by atomic mass is 9.92. The molecule has 0 bridgehead atoms. The highest BCUT2D eigenvalue weighted by molar-refractivity contribution is 6.30. The maximum absolute atomic E-state index is 5.77. The maximum atomic E-state index is 5.77. The third kappa shape index (κ3) is 3.07. The van der Waals surface area contributed by atoms with E-state index in [1.807, 2.05) is 0 Å². The van der Waals surface area contributed by atoms with Gasteiger partial charge in [0.2, 0.25) is 5.95 Å². The van der Waals surface area contributed by atoms with Crippen LogP contribution in [0.15, 0.2) is 12.4 Å². The van der Waals surface area contributed by atoms with Gasteiger partial charge in [0, 0.05) is 20.2 Å². The molecule has 1 aromatic heterocycles. The monoisotopic (exact) mass is 255 g/mol. The zero-order chi connectivity index (χ0) is 12.3. The molecule has 1 aliphatic rings. The van der Waals surface area contributed by atoms with E-state index in [-0.39, 0.29) is 0 Å². The van der Waals surface area contributed by atoms with Crippen LogP contribution < -0.4 is 4.90 Å². The molecule has 0 amide bonds. The molecule has 0 spiro atoms. The van der Waals surface area contributed by atoms with Gasteiger partial charge in [0.05, 0.1) is 23.5 Å². The number of anilines is 1. The van der Waals surface area contributed by atoms with Gasteiger partial charge in [-0.25, -0.2) is 9.97 Å². The first-order chi connectivity index (χ1) is 8.20. The first-order valence-corrected chi connectivity index (χ1v) is 6.34. The summed E-state index contributed by atoms with van der Waals surface area (Å²) in [5.74, 6) is 1.42. The highest BCUT2D eigenvalue weighted by atomic mass is 35.5. The van der Waals surface area contributed by atoms with Crippen molar-refractivity contribution >= 4 is 17.5 Å². The minimum atomic E-state index is 0.336. The number of nitrogens with zero attached hydrogens (tertiary/aromatic N) is 3. The Labute approximate surface area is 107 Å². The van der Waals surface area contributed by atoms with Crippen molar-refractivity contribution in [2.45, 2.75) is 25.9 Å². The van der Waals surface area contributed by atoms with E-state index >= 15 is 0 Å². The molecule has 1 atom stereocenters. The van der Waals surface area contributed by atoms with Crippen molar-refractivity contribution in [2.24, 2.45) is 5.92 Å². The van der Waals surface area contributed by atoms with Gasteiger partial charge in [0.1, 0.15) is 0 Å². The number of rotatable bonds is 3. The fraction of sp³-hybridized carbons (Fsp3) is 0.667. The van der Waals surface area contributed by atoms with E-state index in [0.717, 1.165) is 31.9 Å². The molecule has 5 heteroatoms. The fourth-order valence-electron chi connectivity index (χ4n) is 2.23. The molecule has 0 aliphatic carbocycles. The molecule has 1 aliphatic heterocycles. The smallest absolute Gasteiger partial charge is 0.225 e. The molecule has 0 radical (unpaired) electrons. The summed E-state index contributed by atoms with van der Waals surface area (Å²) in [6.45, 7) is 4.11. The molecule has 1 unspecified atom stereocenters. The van der Waals surface area contributed by atoms with Crippen LogP contribution in [0.2, 0.25) is 5.02 Å². The molecule has 1 fully saturated rings. The summed E-state index contributed by atoms with van der Waals surface area (Å²) < 4.78 is 5.38. The van der Waals surface area contributed by atoms with Crippen LogP contribution in [-0.2, 0) is 4.74 Å². The molecule has 1 aromatic rings. The molecular formula is C12H18ClN3O. The Morgan fingerprint density at radius 3 is 2.47 bits per heavy atom. The third-order valence-electron chi connectivity index (χ3n) is 3.46. The van der Waals surface area contributed by atoms with E-state index in [0.29, 0.717) is 17.0 Å². The SMILES string of the molecule is COC(C)C1CCN(c2ncc(Cl)cn2)CC1. The summed E-state index contributed by atoms with van der Waals surface area (Å²) in [7, 11) is 1.78. The largest absolute Gasteiger partial charge is 0.381 e. The number of hydrogen-bond donors (Lipinski definition) is 0. The molecular weight excluding hydrogens is 238 g/mol. The van der Waals surface area contributed by atoms with E-state index < -0.39 is 0 Å². The summed E-state index contributed by atoms with van der Waals surface area (Å²) >= 11 is 5.77. The summed E-state index contributed by atoms with van der Waals surface area (Å²) in [6, 6.07) is 0. The van der Waals surface area contributed by atoms with Crippen molar-refractivity contribution in [2.75, 3.05) is 25.1 Å². The Morgan fingerprint density at radius 2 is 1.94 bits per heavy atom. The zero-order valence-corrected chi connectivity index (χ0v) is 11.0. The summed E-state index contributed by atoms with van der Waals surface area (Å²) in [4.78, 5) is 10.7. The van der Waals surface area contributed by atoms with E-state index in [9.17, 15) is 0 Å². The molecule has 2 rings (SSSR count). The Morgan fingerprint density at radius 1 is 1.35 bits per heavy atom. The van der Waals surface area contributed by atoms with Gasteiger partial charge >= 0.3 is 0 Å². The van der Waals surface area contributed by atoms with Gasteiger partial charge in [-0.2, -0.15) is 0 Å². The molecule has 1 saturated heterocycles. The van der Waals surface area contributed by atoms with Crippen molar-refractivity contribution in [3.05, 3.63) is 17.4 Å². The predicted octanol–water partition coefficient (Wildman–Crippen LogP) is 2.38. The van der Waals surface area contributed by atoms with E-state index in [2.05, 4.69) is 21.8 Å². The highest BCUT2D eigenvalue weighted by Crippen LogP contribution is 2.24.